The van der Waals surface area contributed by atoms with Crippen molar-refractivity contribution in [2.45, 2.75) is 19.5 Å². The number of benzene rings is 2. The van der Waals surface area contributed by atoms with Crippen molar-refractivity contribution in [3.8, 4) is 0 Å². The minimum atomic E-state index is 0.0492. The molecule has 3 nitrogen and oxygen atoms in total. The Morgan fingerprint density at radius 1 is 1.11 bits per heavy atom. The van der Waals surface area contributed by atoms with Crippen molar-refractivity contribution >= 4 is 10.8 Å². The molecule has 0 saturated heterocycles. The van der Waals surface area contributed by atoms with E-state index in [1.165, 1.54) is 21.9 Å². The molecular weight excluding hydrogens is 234 g/mol. The van der Waals surface area contributed by atoms with Crippen LogP contribution in [-0.4, -0.2) is 31.1 Å². The molecule has 0 amide bonds. The molecule has 19 heavy (non-hydrogen) atoms. The largest absolute Gasteiger partial charge is 0.329 e. The maximum Gasteiger partial charge on any atom is 0.0292 e. The molecule has 1 atom stereocenters. The van der Waals surface area contributed by atoms with E-state index >= 15 is 0 Å². The number of nitrogens with zero attached hydrogens (tertiary/aromatic N) is 1. The van der Waals surface area contributed by atoms with E-state index in [1.54, 1.807) is 0 Å². The van der Waals surface area contributed by atoms with Crippen LogP contribution in [0.3, 0.4) is 0 Å². The molecule has 0 aromatic heterocycles. The molecule has 0 radical (unpaired) electrons. The van der Waals surface area contributed by atoms with Crippen molar-refractivity contribution in [1.29, 1.82) is 0 Å². The second-order valence-corrected chi connectivity index (χ2v) is 5.38. The highest BCUT2D eigenvalue weighted by Crippen LogP contribution is 2.18. The highest BCUT2D eigenvalue weighted by atomic mass is 15.1. The van der Waals surface area contributed by atoms with Gasteiger partial charge in [-0.3, -0.25) is 0 Å². The van der Waals surface area contributed by atoms with Crippen LogP contribution in [0.25, 0.3) is 10.8 Å². The van der Waals surface area contributed by atoms with E-state index in [0.717, 1.165) is 13.1 Å². The zero-order chi connectivity index (χ0) is 13.8. The van der Waals surface area contributed by atoms with Gasteiger partial charge in [-0.15, -0.1) is 0 Å². The van der Waals surface area contributed by atoms with E-state index in [4.69, 9.17) is 11.5 Å². The van der Waals surface area contributed by atoms with E-state index in [-0.39, 0.29) is 6.04 Å². The summed E-state index contributed by atoms with van der Waals surface area (Å²) in [7, 11) is 2.08. The molecule has 4 N–H and O–H groups in total. The highest BCUT2D eigenvalue weighted by Gasteiger charge is 2.06. The third-order valence-electron chi connectivity index (χ3n) is 3.36. The minimum absolute atomic E-state index is 0.0492. The van der Waals surface area contributed by atoms with E-state index in [1.807, 2.05) is 0 Å². The average Bonchev–Trinajstić information content (AvgIpc) is 2.38. The van der Waals surface area contributed by atoms with Crippen molar-refractivity contribution in [2.75, 3.05) is 20.1 Å². The third-order valence-corrected chi connectivity index (χ3v) is 3.36. The van der Waals surface area contributed by atoms with Gasteiger partial charge in [0, 0.05) is 25.7 Å². The van der Waals surface area contributed by atoms with Crippen molar-refractivity contribution in [3.05, 3.63) is 47.5 Å². The van der Waals surface area contributed by atoms with Crippen LogP contribution in [0.5, 0.6) is 0 Å². The molecule has 0 saturated carbocycles. The van der Waals surface area contributed by atoms with E-state index in [0.29, 0.717) is 6.54 Å². The molecule has 2 aromatic rings. The maximum absolute atomic E-state index is 5.87. The predicted molar refractivity (Wildman–Crippen MR) is 82.0 cm³/mol. The minimum Gasteiger partial charge on any atom is -0.329 e. The molecular formula is C16H23N3. The fourth-order valence-corrected chi connectivity index (χ4v) is 2.36. The first-order chi connectivity index (χ1) is 9.08. The van der Waals surface area contributed by atoms with Gasteiger partial charge in [0.25, 0.3) is 0 Å². The summed E-state index contributed by atoms with van der Waals surface area (Å²) in [6.07, 6.45) is 0. The van der Waals surface area contributed by atoms with Crippen LogP contribution >= 0.6 is 0 Å². The molecule has 0 bridgehead atoms. The van der Waals surface area contributed by atoms with Gasteiger partial charge in [-0.1, -0.05) is 35.9 Å². The third kappa shape index (κ3) is 3.77. The summed E-state index contributed by atoms with van der Waals surface area (Å²) in [5.41, 5.74) is 14.0. The number of fused-ring (bicyclic) bond motifs is 1. The number of rotatable bonds is 5. The Kier molecular flexibility index (Phi) is 4.53. The van der Waals surface area contributed by atoms with Gasteiger partial charge in [-0.2, -0.15) is 0 Å². The predicted octanol–water partition coefficient (Wildman–Crippen LogP) is 1.87. The van der Waals surface area contributed by atoms with E-state index < -0.39 is 0 Å². The molecule has 0 spiro atoms. The molecule has 2 aromatic carbocycles. The van der Waals surface area contributed by atoms with Crippen molar-refractivity contribution in [3.63, 3.8) is 0 Å². The van der Waals surface area contributed by atoms with Crippen LogP contribution in [0.2, 0.25) is 0 Å². The molecule has 2 rings (SSSR count). The monoisotopic (exact) mass is 257 g/mol. The van der Waals surface area contributed by atoms with Crippen LogP contribution < -0.4 is 11.5 Å². The summed E-state index contributed by atoms with van der Waals surface area (Å²) in [6, 6.07) is 13.2. The normalized spacial score (nSPS) is 13.1. The highest BCUT2D eigenvalue weighted by molar-refractivity contribution is 5.83. The molecule has 0 aliphatic carbocycles. The van der Waals surface area contributed by atoms with Gasteiger partial charge in [0.15, 0.2) is 0 Å². The Hall–Kier alpha value is -1.42. The lowest BCUT2D eigenvalue weighted by atomic mass is 10.0. The lowest BCUT2D eigenvalue weighted by Crippen LogP contribution is -2.40. The van der Waals surface area contributed by atoms with E-state index in [2.05, 4.69) is 55.3 Å². The summed E-state index contributed by atoms with van der Waals surface area (Å²) < 4.78 is 0. The maximum atomic E-state index is 5.87. The number of likely N-dealkylation sites (N-methyl/N-ethyl adjacent to an activating group) is 1. The average molecular weight is 257 g/mol. The summed E-state index contributed by atoms with van der Waals surface area (Å²) >= 11 is 0. The molecule has 3 heteroatoms. The van der Waals surface area contributed by atoms with Crippen LogP contribution in [-0.2, 0) is 6.54 Å². The lowest BCUT2D eigenvalue weighted by molar-refractivity contribution is 0.305. The number of hydrogen-bond donors (Lipinski definition) is 2. The van der Waals surface area contributed by atoms with Gasteiger partial charge >= 0.3 is 0 Å². The van der Waals surface area contributed by atoms with Crippen molar-refractivity contribution in [1.82, 2.24) is 4.90 Å². The van der Waals surface area contributed by atoms with Gasteiger partial charge in [0.1, 0.15) is 0 Å². The van der Waals surface area contributed by atoms with Gasteiger partial charge < -0.3 is 16.4 Å². The Labute approximate surface area is 115 Å². The second-order valence-electron chi connectivity index (χ2n) is 5.38. The molecule has 0 heterocycles. The number of nitrogens with two attached hydrogens (primary N) is 2. The van der Waals surface area contributed by atoms with Gasteiger partial charge in [0.05, 0.1) is 0 Å². The molecule has 0 fully saturated rings. The quantitative estimate of drug-likeness (QED) is 0.859. The molecule has 1 unspecified atom stereocenters. The van der Waals surface area contributed by atoms with Gasteiger partial charge in [-0.05, 0) is 36.4 Å². The smallest absolute Gasteiger partial charge is 0.0292 e. The van der Waals surface area contributed by atoms with Crippen LogP contribution in [0.15, 0.2) is 36.4 Å². The first-order valence-electron chi connectivity index (χ1n) is 6.72. The molecule has 0 aliphatic rings. The Morgan fingerprint density at radius 2 is 1.79 bits per heavy atom. The first kappa shape index (κ1) is 14.0. The summed E-state index contributed by atoms with van der Waals surface area (Å²) in [5.74, 6) is 0. The lowest BCUT2D eigenvalue weighted by Gasteiger charge is -2.20. The van der Waals surface area contributed by atoms with Crippen molar-refractivity contribution < 1.29 is 0 Å². The van der Waals surface area contributed by atoms with Crippen LogP contribution in [0.1, 0.15) is 11.1 Å². The Balaban J connectivity index is 2.11. The zero-order valence-electron chi connectivity index (χ0n) is 11.8. The Bertz CT molecular complexity index is 551. The van der Waals surface area contributed by atoms with Gasteiger partial charge in [0.2, 0.25) is 0 Å². The fourth-order valence-electron chi connectivity index (χ4n) is 2.36. The number of aryl methyl sites for hydroxylation is 1. The van der Waals surface area contributed by atoms with E-state index in [9.17, 15) is 0 Å². The first-order valence-corrected chi connectivity index (χ1v) is 6.72. The molecule has 102 valence electrons. The van der Waals surface area contributed by atoms with Gasteiger partial charge in [-0.25, -0.2) is 0 Å². The fraction of sp³-hybridized carbons (Fsp3) is 0.375. The SMILES string of the molecule is Cc1ccc2cc(CN(C)CC(N)CN)ccc2c1. The summed E-state index contributed by atoms with van der Waals surface area (Å²) in [5, 5.41) is 2.59. The Morgan fingerprint density at radius 3 is 2.53 bits per heavy atom. The number of hydrogen-bond acceptors (Lipinski definition) is 3. The topological polar surface area (TPSA) is 55.3 Å². The van der Waals surface area contributed by atoms with Crippen LogP contribution in [0.4, 0.5) is 0 Å². The second kappa shape index (κ2) is 6.15. The molecule has 0 aliphatic heterocycles. The zero-order valence-corrected chi connectivity index (χ0v) is 11.8. The van der Waals surface area contributed by atoms with Crippen LogP contribution in [0, 0.1) is 6.92 Å². The standard InChI is InChI=1S/C16H23N3/c1-12-3-5-15-8-13(4-6-14(15)7-12)10-19(2)11-16(18)9-17/h3-8,16H,9-11,17-18H2,1-2H3. The summed E-state index contributed by atoms with van der Waals surface area (Å²) in [6.45, 7) is 4.37. The van der Waals surface area contributed by atoms with Crippen molar-refractivity contribution in [2.24, 2.45) is 11.5 Å². The summed E-state index contributed by atoms with van der Waals surface area (Å²) in [4.78, 5) is 2.22.